The zero-order valence-electron chi connectivity index (χ0n) is 22.8. The monoisotopic (exact) mass is 538 g/mol. The smallest absolute Gasteiger partial charge is 0.339 e. The van der Waals surface area contributed by atoms with Crippen molar-refractivity contribution in [3.05, 3.63) is 82.8 Å². The summed E-state index contributed by atoms with van der Waals surface area (Å²) in [4.78, 5) is 18.8. The summed E-state index contributed by atoms with van der Waals surface area (Å²) in [6.45, 7) is 5.97. The van der Waals surface area contributed by atoms with Crippen LogP contribution >= 0.6 is 0 Å². The van der Waals surface area contributed by atoms with Crippen molar-refractivity contribution >= 4 is 29.0 Å². The summed E-state index contributed by atoms with van der Waals surface area (Å²) in [6.07, 6.45) is 11.5. The standard InChI is InChI=1S/C32H34N4O4/c1-22-24(18-23(20-33-22)21-35-15-5-6-16-35)11-14-28-26-13-12-25(40-30-9-3-2-8-27(30)32(37)38)19-29(26)36(34-28)31-10-4-7-17-39-31/h2-3,8-9,11-14,18-20,31H,4-7,10,15-17,21H2,1H3,(H,37,38)/b14-11+. The van der Waals surface area contributed by atoms with Crippen LogP contribution in [0.5, 0.6) is 11.5 Å². The van der Waals surface area contributed by atoms with Gasteiger partial charge >= 0.3 is 5.97 Å². The maximum Gasteiger partial charge on any atom is 0.339 e. The highest BCUT2D eigenvalue weighted by Crippen LogP contribution is 2.33. The molecule has 2 fully saturated rings. The second kappa shape index (κ2) is 11.6. The van der Waals surface area contributed by atoms with Gasteiger partial charge in [0.15, 0.2) is 6.23 Å². The first-order chi connectivity index (χ1) is 19.5. The number of ether oxygens (including phenoxy) is 2. The molecule has 0 amide bonds. The second-order valence-corrected chi connectivity index (χ2v) is 10.6. The van der Waals surface area contributed by atoms with E-state index in [2.05, 4.69) is 22.0 Å². The predicted octanol–water partition coefficient (Wildman–Crippen LogP) is 6.70. The molecule has 6 rings (SSSR count). The van der Waals surface area contributed by atoms with Gasteiger partial charge in [0.2, 0.25) is 0 Å². The molecule has 0 spiro atoms. The molecule has 2 aliphatic rings. The van der Waals surface area contributed by atoms with Crippen molar-refractivity contribution in [1.29, 1.82) is 0 Å². The summed E-state index contributed by atoms with van der Waals surface area (Å²) in [6, 6.07) is 14.6. The molecule has 8 nitrogen and oxygen atoms in total. The Hall–Kier alpha value is -4.01. The molecule has 1 atom stereocenters. The molecule has 2 aromatic heterocycles. The van der Waals surface area contributed by atoms with Gasteiger partial charge in [-0.05, 0) is 99.7 Å². The van der Waals surface area contributed by atoms with Crippen LogP contribution in [0.3, 0.4) is 0 Å². The number of rotatable bonds is 8. The van der Waals surface area contributed by atoms with Crippen LogP contribution in [0.1, 0.15) is 71.2 Å². The Balaban J connectivity index is 1.34. The largest absolute Gasteiger partial charge is 0.478 e. The number of carbonyl (C=O) groups is 1. The molecular weight excluding hydrogens is 504 g/mol. The molecule has 1 unspecified atom stereocenters. The molecule has 40 heavy (non-hydrogen) atoms. The number of pyridine rings is 1. The van der Waals surface area contributed by atoms with Crippen LogP contribution in [-0.4, -0.2) is 50.4 Å². The summed E-state index contributed by atoms with van der Waals surface area (Å²) in [5.74, 6) is -0.186. The first-order valence-electron chi connectivity index (χ1n) is 14.1. The minimum atomic E-state index is -1.03. The average Bonchev–Trinajstić information content (AvgIpc) is 3.61. The highest BCUT2D eigenvalue weighted by molar-refractivity contribution is 5.92. The summed E-state index contributed by atoms with van der Waals surface area (Å²) in [7, 11) is 0. The van der Waals surface area contributed by atoms with Gasteiger partial charge in [0.1, 0.15) is 17.1 Å². The molecule has 4 heterocycles. The Morgan fingerprint density at radius 1 is 1.10 bits per heavy atom. The summed E-state index contributed by atoms with van der Waals surface area (Å²) in [5, 5.41) is 15.5. The number of hydrogen-bond acceptors (Lipinski definition) is 6. The van der Waals surface area contributed by atoms with Crippen molar-refractivity contribution < 1.29 is 19.4 Å². The van der Waals surface area contributed by atoms with Crippen LogP contribution < -0.4 is 4.74 Å². The highest BCUT2D eigenvalue weighted by Gasteiger charge is 2.21. The molecule has 2 saturated heterocycles. The SMILES string of the molecule is Cc1ncc(CN2CCCC2)cc1/C=C/c1nn(C2CCCCO2)c2cc(Oc3ccccc3C(=O)O)ccc12. The van der Waals surface area contributed by atoms with E-state index in [1.165, 1.54) is 24.5 Å². The van der Waals surface area contributed by atoms with Crippen molar-refractivity contribution in [2.24, 2.45) is 0 Å². The van der Waals surface area contributed by atoms with Gasteiger partial charge in [-0.1, -0.05) is 18.2 Å². The molecule has 4 aromatic rings. The third-order valence-electron chi connectivity index (χ3n) is 7.69. The lowest BCUT2D eigenvalue weighted by Crippen LogP contribution is -2.19. The maximum atomic E-state index is 11.7. The van der Waals surface area contributed by atoms with E-state index in [0.717, 1.165) is 66.8 Å². The van der Waals surface area contributed by atoms with E-state index in [4.69, 9.17) is 14.6 Å². The number of aryl methyl sites for hydroxylation is 1. The van der Waals surface area contributed by atoms with Gasteiger partial charge in [0.05, 0.1) is 11.2 Å². The van der Waals surface area contributed by atoms with Crippen molar-refractivity contribution in [3.63, 3.8) is 0 Å². The van der Waals surface area contributed by atoms with Crippen LogP contribution in [-0.2, 0) is 11.3 Å². The topological polar surface area (TPSA) is 89.7 Å². The van der Waals surface area contributed by atoms with Gasteiger partial charge in [-0.2, -0.15) is 5.10 Å². The number of aromatic nitrogens is 3. The fourth-order valence-electron chi connectivity index (χ4n) is 5.54. The van der Waals surface area contributed by atoms with Crippen molar-refractivity contribution in [2.45, 2.75) is 51.8 Å². The Bertz CT molecular complexity index is 1550. The molecule has 2 aliphatic heterocycles. The number of carboxylic acid groups (broad SMARTS) is 1. The summed E-state index contributed by atoms with van der Waals surface area (Å²) in [5.41, 5.74) is 5.13. The van der Waals surface area contributed by atoms with E-state index in [1.54, 1.807) is 18.2 Å². The number of aromatic carboxylic acids is 1. The van der Waals surface area contributed by atoms with Crippen molar-refractivity contribution in [2.75, 3.05) is 19.7 Å². The molecular formula is C32H34N4O4. The Morgan fingerprint density at radius 3 is 2.75 bits per heavy atom. The van der Waals surface area contributed by atoms with Crippen LogP contribution in [0.15, 0.2) is 54.7 Å². The lowest BCUT2D eigenvalue weighted by molar-refractivity contribution is -0.0367. The first-order valence-corrected chi connectivity index (χ1v) is 14.1. The zero-order valence-corrected chi connectivity index (χ0v) is 22.8. The number of para-hydroxylation sites is 1. The van der Waals surface area contributed by atoms with Crippen molar-refractivity contribution in [3.8, 4) is 11.5 Å². The Labute approximate surface area is 233 Å². The average molecular weight is 539 g/mol. The normalized spacial score (nSPS) is 18.1. The first kappa shape index (κ1) is 26.2. The molecule has 0 bridgehead atoms. The minimum Gasteiger partial charge on any atom is -0.478 e. The highest BCUT2D eigenvalue weighted by atomic mass is 16.5. The van der Waals surface area contributed by atoms with Gasteiger partial charge in [-0.3, -0.25) is 9.88 Å². The van der Waals surface area contributed by atoms with Crippen molar-refractivity contribution in [1.82, 2.24) is 19.7 Å². The van der Waals surface area contributed by atoms with Crippen LogP contribution in [0, 0.1) is 6.92 Å². The predicted molar refractivity (Wildman–Crippen MR) is 154 cm³/mol. The van der Waals surface area contributed by atoms with Gasteiger partial charge in [0.25, 0.3) is 0 Å². The van der Waals surface area contributed by atoms with E-state index in [1.807, 2.05) is 42.1 Å². The zero-order chi connectivity index (χ0) is 27.5. The van der Waals surface area contributed by atoms with E-state index >= 15 is 0 Å². The molecule has 0 aliphatic carbocycles. The minimum absolute atomic E-state index is 0.117. The van der Waals surface area contributed by atoms with E-state index < -0.39 is 5.97 Å². The fourth-order valence-corrected chi connectivity index (χ4v) is 5.54. The van der Waals surface area contributed by atoms with Gasteiger partial charge < -0.3 is 14.6 Å². The number of fused-ring (bicyclic) bond motifs is 1. The molecule has 1 N–H and O–H groups in total. The molecule has 0 radical (unpaired) electrons. The molecule has 2 aromatic carbocycles. The Morgan fingerprint density at radius 2 is 1.95 bits per heavy atom. The maximum absolute atomic E-state index is 11.7. The third kappa shape index (κ3) is 5.64. The number of hydrogen-bond donors (Lipinski definition) is 1. The van der Waals surface area contributed by atoms with Gasteiger partial charge in [0, 0.05) is 36.5 Å². The summed E-state index contributed by atoms with van der Waals surface area (Å²) < 4.78 is 14.1. The molecule has 206 valence electrons. The Kier molecular flexibility index (Phi) is 7.62. The lowest BCUT2D eigenvalue weighted by atomic mass is 10.1. The molecule has 0 saturated carbocycles. The lowest BCUT2D eigenvalue weighted by Gasteiger charge is -2.23. The van der Waals surface area contributed by atoms with E-state index in [9.17, 15) is 9.90 Å². The second-order valence-electron chi connectivity index (χ2n) is 10.6. The quantitative estimate of drug-likeness (QED) is 0.267. The van der Waals surface area contributed by atoms with Crippen LogP contribution in [0.4, 0.5) is 0 Å². The van der Waals surface area contributed by atoms with Gasteiger partial charge in [-0.15, -0.1) is 0 Å². The van der Waals surface area contributed by atoms with E-state index in [0.29, 0.717) is 18.1 Å². The number of nitrogens with zero attached hydrogens (tertiary/aromatic N) is 4. The summed E-state index contributed by atoms with van der Waals surface area (Å²) >= 11 is 0. The number of likely N-dealkylation sites (tertiary alicyclic amines) is 1. The molecule has 8 heteroatoms. The van der Waals surface area contributed by atoms with Crippen LogP contribution in [0.25, 0.3) is 23.1 Å². The fraction of sp³-hybridized carbons (Fsp3) is 0.344. The third-order valence-corrected chi connectivity index (χ3v) is 7.69. The van der Waals surface area contributed by atoms with E-state index in [-0.39, 0.29) is 11.8 Å². The van der Waals surface area contributed by atoms with Crippen LogP contribution in [0.2, 0.25) is 0 Å². The van der Waals surface area contributed by atoms with Gasteiger partial charge in [-0.25, -0.2) is 9.48 Å². The number of benzene rings is 2. The number of carboxylic acids is 1.